The van der Waals surface area contributed by atoms with E-state index in [0.717, 1.165) is 21.6 Å². The molecule has 1 amide bonds. The molecule has 0 aliphatic carbocycles. The monoisotopic (exact) mass is 412 g/mol. The SMILES string of the molecule is CCC(Sc1nnc2ccc3ccccc3n12)C(=O)Nc1nnc(C(C)C)s1. The van der Waals surface area contributed by atoms with Gasteiger partial charge in [0.1, 0.15) is 5.01 Å². The molecular weight excluding hydrogens is 392 g/mol. The number of hydrogen-bond donors (Lipinski definition) is 1. The number of para-hydroxylation sites is 1. The third kappa shape index (κ3) is 3.59. The van der Waals surface area contributed by atoms with Crippen LogP contribution in [0.25, 0.3) is 16.6 Å². The summed E-state index contributed by atoms with van der Waals surface area (Å²) in [7, 11) is 0. The van der Waals surface area contributed by atoms with Crippen LogP contribution in [-0.4, -0.2) is 36.0 Å². The van der Waals surface area contributed by atoms with Gasteiger partial charge >= 0.3 is 0 Å². The second-order valence-electron chi connectivity index (χ2n) is 6.67. The zero-order valence-electron chi connectivity index (χ0n) is 15.8. The lowest BCUT2D eigenvalue weighted by Crippen LogP contribution is -2.24. The Morgan fingerprint density at radius 3 is 2.71 bits per heavy atom. The van der Waals surface area contributed by atoms with E-state index in [1.165, 1.54) is 23.1 Å². The number of carbonyl (C=O) groups is 1. The van der Waals surface area contributed by atoms with Gasteiger partial charge in [-0.3, -0.25) is 14.5 Å². The zero-order valence-corrected chi connectivity index (χ0v) is 17.4. The molecule has 0 spiro atoms. The highest BCUT2D eigenvalue weighted by molar-refractivity contribution is 8.00. The smallest absolute Gasteiger partial charge is 0.239 e. The maximum Gasteiger partial charge on any atom is 0.239 e. The van der Waals surface area contributed by atoms with Gasteiger partial charge in [-0.25, -0.2) is 0 Å². The Balaban J connectivity index is 1.59. The summed E-state index contributed by atoms with van der Waals surface area (Å²) in [5.41, 5.74) is 1.79. The minimum atomic E-state index is -0.308. The van der Waals surface area contributed by atoms with Crippen molar-refractivity contribution in [2.45, 2.75) is 43.5 Å². The Kier molecular flexibility index (Phi) is 5.27. The van der Waals surface area contributed by atoms with Crippen LogP contribution in [0.2, 0.25) is 0 Å². The van der Waals surface area contributed by atoms with E-state index in [4.69, 9.17) is 0 Å². The van der Waals surface area contributed by atoms with E-state index in [0.29, 0.717) is 16.7 Å². The minimum Gasteiger partial charge on any atom is -0.300 e. The van der Waals surface area contributed by atoms with Crippen LogP contribution in [0.1, 0.15) is 38.1 Å². The molecule has 0 bridgehead atoms. The summed E-state index contributed by atoms with van der Waals surface area (Å²) in [6.07, 6.45) is 0.659. The van der Waals surface area contributed by atoms with Gasteiger partial charge in [-0.15, -0.1) is 20.4 Å². The average molecular weight is 413 g/mol. The fourth-order valence-electron chi connectivity index (χ4n) is 2.84. The molecule has 4 aromatic rings. The number of thioether (sulfide) groups is 1. The molecule has 3 aromatic heterocycles. The van der Waals surface area contributed by atoms with Crippen molar-refractivity contribution in [1.82, 2.24) is 24.8 Å². The molecule has 9 heteroatoms. The molecular formula is C19H20N6OS2. The lowest BCUT2D eigenvalue weighted by molar-refractivity contribution is -0.115. The number of fused-ring (bicyclic) bond motifs is 3. The topological polar surface area (TPSA) is 85.1 Å². The van der Waals surface area contributed by atoms with Crippen molar-refractivity contribution in [2.24, 2.45) is 0 Å². The second kappa shape index (κ2) is 7.84. The highest BCUT2D eigenvalue weighted by Crippen LogP contribution is 2.29. The maximum atomic E-state index is 12.8. The first-order chi connectivity index (χ1) is 13.6. The molecule has 1 unspecified atom stereocenters. The number of aromatic nitrogens is 5. The van der Waals surface area contributed by atoms with Crippen LogP contribution in [0, 0.1) is 0 Å². The van der Waals surface area contributed by atoms with Crippen molar-refractivity contribution >= 4 is 50.7 Å². The van der Waals surface area contributed by atoms with Crippen molar-refractivity contribution in [3.05, 3.63) is 41.4 Å². The molecule has 1 aromatic carbocycles. The summed E-state index contributed by atoms with van der Waals surface area (Å²) in [5, 5.41) is 22.6. The Morgan fingerprint density at radius 2 is 1.96 bits per heavy atom. The number of rotatable bonds is 6. The number of pyridine rings is 1. The van der Waals surface area contributed by atoms with Gasteiger partial charge in [0.15, 0.2) is 10.8 Å². The van der Waals surface area contributed by atoms with E-state index in [1.54, 1.807) is 0 Å². The van der Waals surface area contributed by atoms with Gasteiger partial charge in [-0.2, -0.15) is 0 Å². The molecule has 0 aliphatic heterocycles. The third-order valence-electron chi connectivity index (χ3n) is 4.32. The van der Waals surface area contributed by atoms with E-state index in [1.807, 2.05) is 41.7 Å². The van der Waals surface area contributed by atoms with Crippen LogP contribution in [-0.2, 0) is 4.79 Å². The molecule has 0 saturated heterocycles. The predicted octanol–water partition coefficient (Wildman–Crippen LogP) is 4.37. The van der Waals surface area contributed by atoms with E-state index in [9.17, 15) is 4.79 Å². The number of nitrogens with zero attached hydrogens (tertiary/aromatic N) is 5. The van der Waals surface area contributed by atoms with Crippen LogP contribution in [0.4, 0.5) is 5.13 Å². The summed E-state index contributed by atoms with van der Waals surface area (Å²) in [6, 6.07) is 12.0. The summed E-state index contributed by atoms with van der Waals surface area (Å²) in [6.45, 7) is 6.09. The molecule has 1 N–H and O–H groups in total. The Labute approximate surface area is 170 Å². The quantitative estimate of drug-likeness (QED) is 0.474. The van der Waals surface area contributed by atoms with Gasteiger partial charge in [-0.05, 0) is 30.0 Å². The second-order valence-corrected chi connectivity index (χ2v) is 8.85. The Morgan fingerprint density at radius 1 is 1.14 bits per heavy atom. The predicted molar refractivity (Wildman–Crippen MR) is 113 cm³/mol. The number of nitrogens with one attached hydrogen (secondary N) is 1. The molecule has 0 aliphatic rings. The molecule has 4 rings (SSSR count). The Bertz CT molecular complexity index is 1140. The lowest BCUT2D eigenvalue weighted by atomic mass is 10.2. The normalized spacial score (nSPS) is 12.7. The van der Waals surface area contributed by atoms with Crippen LogP contribution in [0.3, 0.4) is 0 Å². The minimum absolute atomic E-state index is 0.101. The number of benzene rings is 1. The third-order valence-corrected chi connectivity index (χ3v) is 6.77. The van der Waals surface area contributed by atoms with Crippen molar-refractivity contribution in [3.63, 3.8) is 0 Å². The first-order valence-corrected chi connectivity index (χ1v) is 10.8. The summed E-state index contributed by atoms with van der Waals surface area (Å²) < 4.78 is 2.00. The lowest BCUT2D eigenvalue weighted by Gasteiger charge is -2.12. The molecule has 28 heavy (non-hydrogen) atoms. The molecule has 3 heterocycles. The van der Waals surface area contributed by atoms with Crippen LogP contribution in [0.5, 0.6) is 0 Å². The summed E-state index contributed by atoms with van der Waals surface area (Å²) in [4.78, 5) is 12.8. The standard InChI is InChI=1S/C19H20N6OS2/c1-4-14(16(26)20-18-23-22-17(28-18)11(2)3)27-19-24-21-15-10-9-12-7-5-6-8-13(12)25(15)19/h5-11,14H,4H2,1-3H3,(H,20,23,26). The maximum absolute atomic E-state index is 12.8. The molecule has 1 atom stereocenters. The average Bonchev–Trinajstić information content (AvgIpc) is 3.33. The van der Waals surface area contributed by atoms with Gasteiger partial charge < -0.3 is 0 Å². The number of amides is 1. The van der Waals surface area contributed by atoms with Crippen LogP contribution in [0.15, 0.2) is 41.6 Å². The van der Waals surface area contributed by atoms with E-state index >= 15 is 0 Å². The van der Waals surface area contributed by atoms with Crippen molar-refractivity contribution < 1.29 is 4.79 Å². The molecule has 144 valence electrons. The summed E-state index contributed by atoms with van der Waals surface area (Å²) in [5.74, 6) is 0.186. The zero-order chi connectivity index (χ0) is 19.7. The number of carbonyl (C=O) groups excluding carboxylic acids is 1. The highest BCUT2D eigenvalue weighted by Gasteiger charge is 2.23. The van der Waals surface area contributed by atoms with Crippen molar-refractivity contribution in [1.29, 1.82) is 0 Å². The van der Waals surface area contributed by atoms with E-state index in [-0.39, 0.29) is 17.1 Å². The molecule has 0 radical (unpaired) electrons. The van der Waals surface area contributed by atoms with E-state index in [2.05, 4.69) is 45.6 Å². The number of anilines is 1. The van der Waals surface area contributed by atoms with Crippen LogP contribution < -0.4 is 5.32 Å². The molecule has 7 nitrogen and oxygen atoms in total. The van der Waals surface area contributed by atoms with Crippen LogP contribution >= 0.6 is 23.1 Å². The van der Waals surface area contributed by atoms with Crippen molar-refractivity contribution in [3.8, 4) is 0 Å². The fraction of sp³-hybridized carbons (Fsp3) is 0.316. The van der Waals surface area contributed by atoms with Gasteiger partial charge in [0.2, 0.25) is 11.0 Å². The first kappa shape index (κ1) is 18.8. The molecule has 0 fully saturated rings. The van der Waals surface area contributed by atoms with Gasteiger partial charge in [0, 0.05) is 5.92 Å². The Hall–Kier alpha value is -2.52. The largest absolute Gasteiger partial charge is 0.300 e. The fourth-order valence-corrected chi connectivity index (χ4v) is 4.56. The van der Waals surface area contributed by atoms with E-state index < -0.39 is 0 Å². The van der Waals surface area contributed by atoms with Gasteiger partial charge in [-0.1, -0.05) is 62.1 Å². The summed E-state index contributed by atoms with van der Waals surface area (Å²) >= 11 is 2.83. The van der Waals surface area contributed by atoms with Crippen molar-refractivity contribution in [2.75, 3.05) is 5.32 Å². The molecule has 0 saturated carbocycles. The number of hydrogen-bond acceptors (Lipinski definition) is 7. The van der Waals surface area contributed by atoms with Gasteiger partial charge in [0.05, 0.1) is 10.8 Å². The first-order valence-electron chi connectivity index (χ1n) is 9.10. The highest BCUT2D eigenvalue weighted by atomic mass is 32.2. The van der Waals surface area contributed by atoms with Gasteiger partial charge in [0.25, 0.3) is 0 Å².